The van der Waals surface area contributed by atoms with Gasteiger partial charge < -0.3 is 4.74 Å². The van der Waals surface area contributed by atoms with Crippen molar-refractivity contribution in [2.45, 2.75) is 32.4 Å². The van der Waals surface area contributed by atoms with Crippen LogP contribution in [0.2, 0.25) is 0 Å². The summed E-state index contributed by atoms with van der Waals surface area (Å²) in [6, 6.07) is 0. The second kappa shape index (κ2) is 4.68. The van der Waals surface area contributed by atoms with Crippen molar-refractivity contribution >= 4 is 5.97 Å². The van der Waals surface area contributed by atoms with Crippen molar-refractivity contribution in [1.29, 1.82) is 0 Å². The topological polar surface area (TPSA) is 26.3 Å². The second-order valence-electron chi connectivity index (χ2n) is 3.79. The number of hydrogen-bond acceptors (Lipinski definition) is 2. The Kier molecular flexibility index (Phi) is 3.77. The third-order valence-corrected chi connectivity index (χ3v) is 2.43. The lowest BCUT2D eigenvalue weighted by Crippen LogP contribution is -2.27. The number of halogens is 3. The quantitative estimate of drug-likeness (QED) is 0.530. The van der Waals surface area contributed by atoms with E-state index in [4.69, 9.17) is 0 Å². The highest BCUT2D eigenvalue weighted by Crippen LogP contribution is 2.24. The van der Waals surface area contributed by atoms with Crippen molar-refractivity contribution in [3.05, 3.63) is 11.6 Å². The molecule has 0 saturated heterocycles. The molecule has 0 heterocycles. The molecule has 0 N–H and O–H groups in total. The maximum atomic E-state index is 11.8. The molecule has 0 aromatic rings. The molecule has 1 rings (SSSR count). The van der Waals surface area contributed by atoms with Crippen LogP contribution >= 0.6 is 0 Å². The van der Waals surface area contributed by atoms with Crippen LogP contribution < -0.4 is 0 Å². The number of carbonyl (C=O) groups is 1. The number of rotatable bonds is 2. The molecule has 1 atom stereocenters. The fourth-order valence-electron chi connectivity index (χ4n) is 1.45. The van der Waals surface area contributed by atoms with Crippen LogP contribution in [0.25, 0.3) is 0 Å². The van der Waals surface area contributed by atoms with Gasteiger partial charge in [-0.1, -0.05) is 11.6 Å². The van der Waals surface area contributed by atoms with Gasteiger partial charge in [-0.2, -0.15) is 13.2 Å². The van der Waals surface area contributed by atoms with E-state index in [0.29, 0.717) is 6.42 Å². The highest BCUT2D eigenvalue weighted by Gasteiger charge is 2.41. The zero-order valence-electron chi connectivity index (χ0n) is 8.43. The summed E-state index contributed by atoms with van der Waals surface area (Å²) in [7, 11) is 0. The number of alkyl halides is 3. The van der Waals surface area contributed by atoms with Crippen LogP contribution in [0.3, 0.4) is 0 Å². The van der Waals surface area contributed by atoms with Gasteiger partial charge in [-0.05, 0) is 32.1 Å². The van der Waals surface area contributed by atoms with Gasteiger partial charge in [0.2, 0.25) is 0 Å². The van der Waals surface area contributed by atoms with Crippen LogP contribution in [-0.2, 0) is 9.53 Å². The maximum Gasteiger partial charge on any atom is 0.490 e. The number of hydrogen-bond donors (Lipinski definition) is 0. The summed E-state index contributed by atoms with van der Waals surface area (Å²) in [5.41, 5.74) is 1.24. The van der Waals surface area contributed by atoms with Crippen molar-refractivity contribution in [3.8, 4) is 0 Å². The summed E-state index contributed by atoms with van der Waals surface area (Å²) in [5, 5.41) is 0. The minimum atomic E-state index is -4.87. The summed E-state index contributed by atoms with van der Waals surface area (Å²) in [6.07, 6.45) is -0.547. The number of ether oxygens (including phenoxy) is 1. The highest BCUT2D eigenvalue weighted by atomic mass is 19.4. The van der Waals surface area contributed by atoms with E-state index in [1.165, 1.54) is 5.57 Å². The largest absolute Gasteiger partial charge is 0.490 e. The molecule has 0 amide bonds. The van der Waals surface area contributed by atoms with Crippen LogP contribution in [0, 0.1) is 5.92 Å². The summed E-state index contributed by atoms with van der Waals surface area (Å²) < 4.78 is 39.5. The standard InChI is InChI=1S/C10H13F3O2/c1-7-2-4-8(5-3-7)6-15-9(14)10(11,12)13/h2,8H,3-6H2,1H3. The van der Waals surface area contributed by atoms with E-state index < -0.39 is 12.1 Å². The van der Waals surface area contributed by atoms with Crippen LogP contribution in [0.4, 0.5) is 13.2 Å². The third-order valence-electron chi connectivity index (χ3n) is 2.43. The minimum absolute atomic E-state index is 0.0278. The van der Waals surface area contributed by atoms with Gasteiger partial charge in [0.25, 0.3) is 0 Å². The van der Waals surface area contributed by atoms with E-state index >= 15 is 0 Å². The molecular formula is C10H13F3O2. The van der Waals surface area contributed by atoms with Gasteiger partial charge in [-0.15, -0.1) is 0 Å². The molecule has 0 spiro atoms. The van der Waals surface area contributed by atoms with E-state index in [2.05, 4.69) is 4.74 Å². The zero-order chi connectivity index (χ0) is 11.5. The van der Waals surface area contributed by atoms with E-state index in [-0.39, 0.29) is 12.5 Å². The van der Waals surface area contributed by atoms with Crippen LogP contribution in [0.5, 0.6) is 0 Å². The lowest BCUT2D eigenvalue weighted by atomic mass is 9.91. The van der Waals surface area contributed by atoms with E-state index in [9.17, 15) is 18.0 Å². The van der Waals surface area contributed by atoms with Crippen LogP contribution in [-0.4, -0.2) is 18.8 Å². The fourth-order valence-corrected chi connectivity index (χ4v) is 1.45. The van der Waals surface area contributed by atoms with Crippen molar-refractivity contribution in [3.63, 3.8) is 0 Å². The molecule has 0 bridgehead atoms. The SMILES string of the molecule is CC1=CCC(COC(=O)C(F)(F)F)CC1. The molecule has 1 unspecified atom stereocenters. The Morgan fingerprint density at radius 2 is 2.27 bits per heavy atom. The van der Waals surface area contributed by atoms with Crippen LogP contribution in [0.1, 0.15) is 26.2 Å². The average molecular weight is 222 g/mol. The Hall–Kier alpha value is -1.00. The van der Waals surface area contributed by atoms with Gasteiger partial charge in [-0.3, -0.25) is 0 Å². The van der Waals surface area contributed by atoms with Gasteiger partial charge in [0, 0.05) is 0 Å². The molecule has 86 valence electrons. The molecule has 15 heavy (non-hydrogen) atoms. The molecule has 0 aromatic carbocycles. The molecule has 1 aliphatic carbocycles. The van der Waals surface area contributed by atoms with Crippen molar-refractivity contribution < 1.29 is 22.7 Å². The van der Waals surface area contributed by atoms with Gasteiger partial charge >= 0.3 is 12.1 Å². The first-order valence-electron chi connectivity index (χ1n) is 4.79. The Bertz CT molecular complexity index is 268. The zero-order valence-corrected chi connectivity index (χ0v) is 8.43. The molecule has 0 aromatic heterocycles. The third kappa shape index (κ3) is 3.93. The van der Waals surface area contributed by atoms with Gasteiger partial charge in [-0.25, -0.2) is 4.79 Å². The van der Waals surface area contributed by atoms with Crippen LogP contribution in [0.15, 0.2) is 11.6 Å². The van der Waals surface area contributed by atoms with E-state index in [0.717, 1.165) is 12.8 Å². The lowest BCUT2D eigenvalue weighted by Gasteiger charge is -2.20. The van der Waals surface area contributed by atoms with Gasteiger partial charge in [0.15, 0.2) is 0 Å². The first-order valence-corrected chi connectivity index (χ1v) is 4.79. The normalized spacial score (nSPS) is 22.1. The highest BCUT2D eigenvalue weighted by molar-refractivity contribution is 5.75. The Morgan fingerprint density at radius 1 is 1.60 bits per heavy atom. The number of esters is 1. The molecule has 1 aliphatic rings. The maximum absolute atomic E-state index is 11.8. The minimum Gasteiger partial charge on any atom is -0.459 e. The molecule has 0 aliphatic heterocycles. The summed E-state index contributed by atoms with van der Waals surface area (Å²) in [6.45, 7) is 1.85. The Balaban J connectivity index is 2.30. The Labute approximate surface area is 86.1 Å². The molecule has 0 saturated carbocycles. The van der Waals surface area contributed by atoms with Gasteiger partial charge in [0.1, 0.15) is 0 Å². The first kappa shape index (κ1) is 12.1. The fraction of sp³-hybridized carbons (Fsp3) is 0.700. The van der Waals surface area contributed by atoms with Crippen molar-refractivity contribution in [1.82, 2.24) is 0 Å². The molecule has 2 nitrogen and oxygen atoms in total. The first-order chi connectivity index (χ1) is 6.89. The monoisotopic (exact) mass is 222 g/mol. The summed E-state index contributed by atoms with van der Waals surface area (Å²) in [5.74, 6) is -2.06. The smallest absolute Gasteiger partial charge is 0.459 e. The summed E-state index contributed by atoms with van der Waals surface area (Å²) >= 11 is 0. The second-order valence-corrected chi connectivity index (χ2v) is 3.79. The lowest BCUT2D eigenvalue weighted by molar-refractivity contribution is -0.201. The van der Waals surface area contributed by atoms with Gasteiger partial charge in [0.05, 0.1) is 6.61 Å². The number of allylic oxidation sites excluding steroid dienone is 2. The predicted molar refractivity (Wildman–Crippen MR) is 48.1 cm³/mol. The molecular weight excluding hydrogens is 209 g/mol. The Morgan fingerprint density at radius 3 is 2.73 bits per heavy atom. The molecule has 0 radical (unpaired) electrons. The van der Waals surface area contributed by atoms with Crippen molar-refractivity contribution in [2.75, 3.05) is 6.61 Å². The molecule has 0 fully saturated rings. The average Bonchev–Trinajstić information content (AvgIpc) is 2.15. The molecule has 5 heteroatoms. The number of carbonyl (C=O) groups excluding carboxylic acids is 1. The summed E-state index contributed by atoms with van der Waals surface area (Å²) in [4.78, 5) is 10.4. The van der Waals surface area contributed by atoms with Crippen molar-refractivity contribution in [2.24, 2.45) is 5.92 Å². The van der Waals surface area contributed by atoms with E-state index in [1.54, 1.807) is 0 Å². The predicted octanol–water partition coefficient (Wildman–Crippen LogP) is 2.84. The van der Waals surface area contributed by atoms with E-state index in [1.807, 2.05) is 13.0 Å².